The van der Waals surface area contributed by atoms with Crippen molar-refractivity contribution in [1.29, 1.82) is 0 Å². The summed E-state index contributed by atoms with van der Waals surface area (Å²) in [5.41, 5.74) is 1.00. The van der Waals surface area contributed by atoms with Gasteiger partial charge >= 0.3 is 0 Å². The summed E-state index contributed by atoms with van der Waals surface area (Å²) in [6, 6.07) is 8.31. The third-order valence-corrected chi connectivity index (χ3v) is 5.64. The molecule has 1 N–H and O–H groups in total. The highest BCUT2D eigenvalue weighted by Crippen LogP contribution is 2.29. The monoisotopic (exact) mass is 372 g/mol. The van der Waals surface area contributed by atoms with Gasteiger partial charge in [0, 0.05) is 0 Å². The average Bonchev–Trinajstić information content (AvgIpc) is 3.26. The van der Waals surface area contributed by atoms with Crippen LogP contribution in [-0.4, -0.2) is 23.7 Å². The van der Waals surface area contributed by atoms with Crippen molar-refractivity contribution in [3.63, 3.8) is 0 Å². The Kier molecular flexibility index (Phi) is 7.18. The molecule has 1 saturated carbocycles. The predicted molar refractivity (Wildman–Crippen MR) is 109 cm³/mol. The fourth-order valence-corrected chi connectivity index (χ4v) is 4.11. The van der Waals surface area contributed by atoms with Crippen molar-refractivity contribution in [3.05, 3.63) is 34.7 Å². The van der Waals surface area contributed by atoms with E-state index in [4.69, 9.17) is 4.74 Å². The highest BCUT2D eigenvalue weighted by atomic mass is 32.2. The van der Waals surface area contributed by atoms with Crippen LogP contribution in [0.5, 0.6) is 5.75 Å². The second kappa shape index (κ2) is 9.81. The molecular formula is C21H28N2O2S. The summed E-state index contributed by atoms with van der Waals surface area (Å²) in [5, 5.41) is 3.64. The molecule has 0 unspecified atom stereocenters. The van der Waals surface area contributed by atoms with Crippen LogP contribution in [0.3, 0.4) is 0 Å². The number of hydrogen-bond acceptors (Lipinski definition) is 4. The van der Waals surface area contributed by atoms with Crippen LogP contribution >= 0.6 is 11.8 Å². The molecule has 0 aromatic heterocycles. The van der Waals surface area contributed by atoms with Gasteiger partial charge < -0.3 is 10.1 Å². The van der Waals surface area contributed by atoms with Crippen LogP contribution in [0, 0.1) is 0 Å². The molecule has 1 heterocycles. The zero-order chi connectivity index (χ0) is 18.2. The molecule has 0 radical (unpaired) electrons. The van der Waals surface area contributed by atoms with Crippen LogP contribution in [0.1, 0.15) is 63.9 Å². The fourth-order valence-electron chi connectivity index (χ4n) is 3.22. The number of carbonyl (C=O) groups is 1. The molecule has 26 heavy (non-hydrogen) atoms. The van der Waals surface area contributed by atoms with Gasteiger partial charge in [0.1, 0.15) is 5.75 Å². The molecule has 1 aromatic rings. The maximum Gasteiger partial charge on any atom is 0.264 e. The Bertz CT molecular complexity index is 661. The molecule has 0 atom stereocenters. The molecule has 1 aromatic carbocycles. The van der Waals surface area contributed by atoms with E-state index in [9.17, 15) is 4.79 Å². The van der Waals surface area contributed by atoms with Crippen molar-refractivity contribution in [2.24, 2.45) is 4.99 Å². The van der Waals surface area contributed by atoms with Gasteiger partial charge in [0.15, 0.2) is 5.17 Å². The van der Waals surface area contributed by atoms with Crippen LogP contribution in [-0.2, 0) is 4.79 Å². The summed E-state index contributed by atoms with van der Waals surface area (Å²) in [6.07, 6.45) is 11.5. The van der Waals surface area contributed by atoms with E-state index < -0.39 is 0 Å². The number of rotatable bonds is 8. The Labute approximate surface area is 160 Å². The van der Waals surface area contributed by atoms with Crippen LogP contribution in [0.2, 0.25) is 0 Å². The van der Waals surface area contributed by atoms with Crippen molar-refractivity contribution in [2.75, 3.05) is 6.61 Å². The van der Waals surface area contributed by atoms with Gasteiger partial charge in [0.25, 0.3) is 5.91 Å². The van der Waals surface area contributed by atoms with Crippen molar-refractivity contribution in [3.8, 4) is 5.75 Å². The van der Waals surface area contributed by atoms with Crippen LogP contribution in [0.25, 0.3) is 6.08 Å². The minimum atomic E-state index is -0.0528. The lowest BCUT2D eigenvalue weighted by molar-refractivity contribution is -0.115. The van der Waals surface area contributed by atoms with E-state index in [1.807, 2.05) is 30.3 Å². The van der Waals surface area contributed by atoms with Gasteiger partial charge in [-0.05, 0) is 54.8 Å². The first kappa shape index (κ1) is 19.0. The molecular weight excluding hydrogens is 344 g/mol. The van der Waals surface area contributed by atoms with E-state index >= 15 is 0 Å². The van der Waals surface area contributed by atoms with E-state index in [1.165, 1.54) is 43.9 Å². The van der Waals surface area contributed by atoms with Crippen LogP contribution in [0.15, 0.2) is 34.2 Å². The number of nitrogens with one attached hydrogen (secondary N) is 1. The molecule has 1 aliphatic heterocycles. The third kappa shape index (κ3) is 5.63. The maximum atomic E-state index is 12.2. The van der Waals surface area contributed by atoms with Gasteiger partial charge in [-0.25, -0.2) is 0 Å². The summed E-state index contributed by atoms with van der Waals surface area (Å²) >= 11 is 1.45. The van der Waals surface area contributed by atoms with Gasteiger partial charge in [-0.2, -0.15) is 0 Å². The van der Waals surface area contributed by atoms with Crippen molar-refractivity contribution < 1.29 is 9.53 Å². The number of unbranched alkanes of at least 4 members (excludes halogenated alkanes) is 3. The average molecular weight is 373 g/mol. The number of hydrogen-bond donors (Lipinski definition) is 1. The van der Waals surface area contributed by atoms with Gasteiger partial charge in [0.05, 0.1) is 17.6 Å². The normalized spacial score (nSPS) is 20.9. The Hall–Kier alpha value is -1.75. The molecule has 140 valence electrons. The van der Waals surface area contributed by atoms with Gasteiger partial charge in [-0.15, -0.1) is 0 Å². The number of thioether (sulfide) groups is 1. The van der Waals surface area contributed by atoms with E-state index in [1.54, 1.807) is 0 Å². The van der Waals surface area contributed by atoms with E-state index in [0.29, 0.717) is 10.9 Å². The first-order valence-corrected chi connectivity index (χ1v) is 10.6. The maximum absolute atomic E-state index is 12.2. The Morgan fingerprint density at radius 3 is 2.69 bits per heavy atom. The highest BCUT2D eigenvalue weighted by Gasteiger charge is 2.25. The zero-order valence-electron chi connectivity index (χ0n) is 15.5. The number of amides is 1. The Morgan fingerprint density at radius 1 is 1.19 bits per heavy atom. The second-order valence-corrected chi connectivity index (χ2v) is 7.95. The number of ether oxygens (including phenoxy) is 1. The molecule has 1 amide bonds. The molecule has 0 bridgehead atoms. The van der Waals surface area contributed by atoms with Crippen molar-refractivity contribution >= 4 is 28.9 Å². The zero-order valence-corrected chi connectivity index (χ0v) is 16.3. The molecule has 5 heteroatoms. The molecule has 4 nitrogen and oxygen atoms in total. The molecule has 2 aliphatic rings. The lowest BCUT2D eigenvalue weighted by atomic mass is 10.2. The Balaban J connectivity index is 1.53. The Morgan fingerprint density at radius 2 is 1.96 bits per heavy atom. The minimum absolute atomic E-state index is 0.0528. The molecule has 1 saturated heterocycles. The lowest BCUT2D eigenvalue weighted by Gasteiger charge is -2.06. The fraction of sp³-hybridized carbons (Fsp3) is 0.524. The van der Waals surface area contributed by atoms with Crippen molar-refractivity contribution in [1.82, 2.24) is 5.32 Å². The topological polar surface area (TPSA) is 50.7 Å². The molecule has 3 rings (SSSR count). The van der Waals surface area contributed by atoms with E-state index in [0.717, 1.165) is 42.3 Å². The molecule has 2 fully saturated rings. The SMILES string of the molecule is CCCCCCOc1ccc(/C=C2\SC(=NC3CCCC3)NC2=O)cc1. The number of nitrogens with zero attached hydrogens (tertiary/aromatic N) is 1. The molecule has 0 spiro atoms. The standard InChI is InChI=1S/C21H28N2O2S/c1-2-3-4-7-14-25-18-12-10-16(11-13-18)15-19-20(24)23-21(26-19)22-17-8-5-6-9-17/h10-13,15,17H,2-9,14H2,1H3,(H,22,23,24)/b19-15-. The predicted octanol–water partition coefficient (Wildman–Crippen LogP) is 5.15. The van der Waals surface area contributed by atoms with Crippen LogP contribution < -0.4 is 10.1 Å². The van der Waals surface area contributed by atoms with E-state index in [-0.39, 0.29) is 5.91 Å². The highest BCUT2D eigenvalue weighted by molar-refractivity contribution is 8.18. The second-order valence-electron chi connectivity index (χ2n) is 6.92. The lowest BCUT2D eigenvalue weighted by Crippen LogP contribution is -2.21. The number of aliphatic imine (C=N–C) groups is 1. The van der Waals surface area contributed by atoms with Crippen LogP contribution in [0.4, 0.5) is 0 Å². The quantitative estimate of drug-likeness (QED) is 0.507. The smallest absolute Gasteiger partial charge is 0.264 e. The minimum Gasteiger partial charge on any atom is -0.494 e. The summed E-state index contributed by atoms with van der Waals surface area (Å²) < 4.78 is 5.77. The van der Waals surface area contributed by atoms with Gasteiger partial charge in [-0.3, -0.25) is 9.79 Å². The summed E-state index contributed by atoms with van der Waals surface area (Å²) in [4.78, 5) is 17.5. The first-order valence-electron chi connectivity index (χ1n) is 9.76. The van der Waals surface area contributed by atoms with E-state index in [2.05, 4.69) is 17.2 Å². The number of benzene rings is 1. The summed E-state index contributed by atoms with van der Waals surface area (Å²) in [6.45, 7) is 2.97. The summed E-state index contributed by atoms with van der Waals surface area (Å²) in [7, 11) is 0. The van der Waals surface area contributed by atoms with Crippen molar-refractivity contribution in [2.45, 2.75) is 64.3 Å². The van der Waals surface area contributed by atoms with Gasteiger partial charge in [0.2, 0.25) is 0 Å². The number of amidine groups is 1. The first-order chi connectivity index (χ1) is 12.7. The van der Waals surface area contributed by atoms with Gasteiger partial charge in [-0.1, -0.05) is 51.2 Å². The third-order valence-electron chi connectivity index (χ3n) is 4.72. The largest absolute Gasteiger partial charge is 0.494 e. The molecule has 1 aliphatic carbocycles. The summed E-state index contributed by atoms with van der Waals surface area (Å²) in [5.74, 6) is 0.832. The number of carbonyl (C=O) groups excluding carboxylic acids is 1.